The van der Waals surface area contributed by atoms with Crippen molar-refractivity contribution >= 4 is 11.8 Å². The van der Waals surface area contributed by atoms with Gasteiger partial charge in [-0.1, -0.05) is 43.2 Å². The van der Waals surface area contributed by atoms with E-state index in [4.69, 9.17) is 0 Å². The highest BCUT2D eigenvalue weighted by molar-refractivity contribution is 5.95. The second-order valence-electron chi connectivity index (χ2n) is 5.80. The van der Waals surface area contributed by atoms with Gasteiger partial charge in [-0.15, -0.1) is 0 Å². The Labute approximate surface area is 127 Å². The number of imide groups is 1. The lowest BCUT2D eigenvalue weighted by Crippen LogP contribution is -2.36. The number of hydrogen-bond acceptors (Lipinski definition) is 2. The fourth-order valence-electron chi connectivity index (χ4n) is 2.81. The number of amides is 2. The van der Waals surface area contributed by atoms with E-state index < -0.39 is 0 Å². The molecule has 2 rings (SSSR count). The molecule has 1 heterocycles. The third kappa shape index (κ3) is 5.33. The zero-order valence-electron chi connectivity index (χ0n) is 12.7. The second-order valence-corrected chi connectivity index (χ2v) is 5.80. The molecule has 0 spiro atoms. The first-order valence-electron chi connectivity index (χ1n) is 8.14. The summed E-state index contributed by atoms with van der Waals surface area (Å²) in [5, 5.41) is 0. The molecule has 0 aliphatic carbocycles. The van der Waals surface area contributed by atoms with Crippen LogP contribution in [0.4, 0.5) is 0 Å². The maximum atomic E-state index is 12.1. The van der Waals surface area contributed by atoms with Crippen LogP contribution in [-0.2, 0) is 16.0 Å². The number of nitrogens with zero attached hydrogens (tertiary/aromatic N) is 1. The van der Waals surface area contributed by atoms with Crippen LogP contribution < -0.4 is 0 Å². The number of aryl methyl sites for hydroxylation is 1. The van der Waals surface area contributed by atoms with Crippen molar-refractivity contribution < 1.29 is 9.59 Å². The van der Waals surface area contributed by atoms with Crippen LogP contribution in [0.5, 0.6) is 0 Å². The van der Waals surface area contributed by atoms with E-state index in [0.29, 0.717) is 19.4 Å². The molecule has 0 atom stereocenters. The van der Waals surface area contributed by atoms with Crippen molar-refractivity contribution in [1.82, 2.24) is 4.90 Å². The first-order chi connectivity index (χ1) is 10.3. The Morgan fingerprint density at radius 1 is 1.00 bits per heavy atom. The van der Waals surface area contributed by atoms with Crippen molar-refractivity contribution in [1.29, 1.82) is 0 Å². The first kappa shape index (κ1) is 15.7. The molecule has 0 aromatic heterocycles. The van der Waals surface area contributed by atoms with E-state index in [9.17, 15) is 9.59 Å². The summed E-state index contributed by atoms with van der Waals surface area (Å²) in [4.78, 5) is 25.4. The van der Waals surface area contributed by atoms with E-state index in [2.05, 4.69) is 24.3 Å². The van der Waals surface area contributed by atoms with Crippen LogP contribution in [0.3, 0.4) is 0 Å². The Bertz CT molecular complexity index is 456. The number of carbonyl (C=O) groups excluding carboxylic acids is 2. The predicted octanol–water partition coefficient (Wildman–Crippen LogP) is 3.72. The smallest absolute Gasteiger partial charge is 0.229 e. The minimum Gasteiger partial charge on any atom is -0.283 e. The number of hydrogen-bond donors (Lipinski definition) is 0. The molecule has 0 unspecified atom stereocenters. The summed E-state index contributed by atoms with van der Waals surface area (Å²) in [6.07, 6.45) is 8.11. The molecule has 114 valence electrons. The molecule has 1 aromatic rings. The average molecular weight is 287 g/mol. The van der Waals surface area contributed by atoms with Gasteiger partial charge in [-0.3, -0.25) is 14.5 Å². The number of benzene rings is 1. The third-order valence-electron chi connectivity index (χ3n) is 4.07. The van der Waals surface area contributed by atoms with Gasteiger partial charge in [0.2, 0.25) is 11.8 Å². The summed E-state index contributed by atoms with van der Waals surface area (Å²) >= 11 is 0. The van der Waals surface area contributed by atoms with Crippen LogP contribution in [-0.4, -0.2) is 23.3 Å². The Hall–Kier alpha value is -1.64. The molecule has 0 radical (unpaired) electrons. The normalized spacial score (nSPS) is 15.8. The van der Waals surface area contributed by atoms with Crippen LogP contribution in [0.25, 0.3) is 0 Å². The molecule has 1 aromatic carbocycles. The molecular formula is C18H25NO2. The summed E-state index contributed by atoms with van der Waals surface area (Å²) in [6.45, 7) is 0.627. The summed E-state index contributed by atoms with van der Waals surface area (Å²) in [5.41, 5.74) is 1.35. The fraction of sp³-hybridized carbons (Fsp3) is 0.556. The summed E-state index contributed by atoms with van der Waals surface area (Å²) in [5.74, 6) is 0.0587. The summed E-state index contributed by atoms with van der Waals surface area (Å²) < 4.78 is 0. The molecule has 0 saturated carbocycles. The zero-order chi connectivity index (χ0) is 14.9. The molecule has 3 heteroatoms. The lowest BCUT2D eigenvalue weighted by atomic mass is 10.1. The van der Waals surface area contributed by atoms with Crippen LogP contribution in [0.2, 0.25) is 0 Å². The SMILES string of the molecule is O=C(CCCCCc1ccccc1)N1CCCCCC1=O. The molecule has 2 amide bonds. The van der Waals surface area contributed by atoms with Crippen molar-refractivity contribution in [2.75, 3.05) is 6.54 Å². The largest absolute Gasteiger partial charge is 0.283 e. The Morgan fingerprint density at radius 3 is 2.62 bits per heavy atom. The Balaban J connectivity index is 1.63. The maximum absolute atomic E-state index is 12.1. The highest BCUT2D eigenvalue weighted by Crippen LogP contribution is 2.14. The Morgan fingerprint density at radius 2 is 1.81 bits per heavy atom. The third-order valence-corrected chi connectivity index (χ3v) is 4.07. The lowest BCUT2D eigenvalue weighted by molar-refractivity contribution is -0.144. The van der Waals surface area contributed by atoms with E-state index in [0.717, 1.165) is 44.9 Å². The summed E-state index contributed by atoms with van der Waals surface area (Å²) in [6, 6.07) is 10.4. The minimum atomic E-state index is 0.0293. The molecule has 1 fully saturated rings. The van der Waals surface area contributed by atoms with Gasteiger partial charge in [-0.05, 0) is 37.7 Å². The van der Waals surface area contributed by atoms with Crippen LogP contribution in [0, 0.1) is 0 Å². The number of likely N-dealkylation sites (tertiary alicyclic amines) is 1. The second kappa shape index (κ2) is 8.60. The van der Waals surface area contributed by atoms with Gasteiger partial charge < -0.3 is 0 Å². The van der Waals surface area contributed by atoms with E-state index >= 15 is 0 Å². The predicted molar refractivity (Wildman–Crippen MR) is 83.8 cm³/mol. The van der Waals surface area contributed by atoms with E-state index in [-0.39, 0.29) is 11.8 Å². The number of rotatable bonds is 6. The Kier molecular flexibility index (Phi) is 6.45. The van der Waals surface area contributed by atoms with Crippen molar-refractivity contribution in [3.63, 3.8) is 0 Å². The van der Waals surface area contributed by atoms with Crippen molar-refractivity contribution in [2.24, 2.45) is 0 Å². The van der Waals surface area contributed by atoms with Gasteiger partial charge in [-0.2, -0.15) is 0 Å². The van der Waals surface area contributed by atoms with Crippen molar-refractivity contribution in [3.05, 3.63) is 35.9 Å². The number of unbranched alkanes of at least 4 members (excludes halogenated alkanes) is 2. The van der Waals surface area contributed by atoms with Gasteiger partial charge in [0.25, 0.3) is 0 Å². The van der Waals surface area contributed by atoms with Crippen molar-refractivity contribution in [2.45, 2.75) is 57.8 Å². The molecular weight excluding hydrogens is 262 g/mol. The molecule has 3 nitrogen and oxygen atoms in total. The zero-order valence-corrected chi connectivity index (χ0v) is 12.7. The highest BCUT2D eigenvalue weighted by Gasteiger charge is 2.22. The molecule has 1 aliphatic heterocycles. The minimum absolute atomic E-state index is 0.0293. The van der Waals surface area contributed by atoms with Crippen LogP contribution >= 0.6 is 0 Å². The highest BCUT2D eigenvalue weighted by atomic mass is 16.2. The van der Waals surface area contributed by atoms with Gasteiger partial charge in [0.1, 0.15) is 0 Å². The lowest BCUT2D eigenvalue weighted by Gasteiger charge is -2.18. The average Bonchev–Trinajstić information content (AvgIpc) is 2.72. The van der Waals surface area contributed by atoms with Gasteiger partial charge >= 0.3 is 0 Å². The molecule has 0 bridgehead atoms. The monoisotopic (exact) mass is 287 g/mol. The number of carbonyl (C=O) groups is 2. The van der Waals surface area contributed by atoms with Crippen molar-refractivity contribution in [3.8, 4) is 0 Å². The van der Waals surface area contributed by atoms with E-state index in [1.807, 2.05) is 6.07 Å². The van der Waals surface area contributed by atoms with Gasteiger partial charge in [-0.25, -0.2) is 0 Å². The van der Waals surface area contributed by atoms with E-state index in [1.54, 1.807) is 0 Å². The molecule has 0 N–H and O–H groups in total. The van der Waals surface area contributed by atoms with Crippen LogP contribution in [0.15, 0.2) is 30.3 Å². The molecule has 1 saturated heterocycles. The summed E-state index contributed by atoms with van der Waals surface area (Å²) in [7, 11) is 0. The van der Waals surface area contributed by atoms with Gasteiger partial charge in [0, 0.05) is 19.4 Å². The standard InChI is InChI=1S/C18H25NO2/c20-17(19-15-9-3-8-14-18(19)21)13-7-2-6-12-16-10-4-1-5-11-16/h1,4-5,10-11H,2-3,6-9,12-15H2. The quantitative estimate of drug-likeness (QED) is 0.748. The van der Waals surface area contributed by atoms with E-state index in [1.165, 1.54) is 10.5 Å². The van der Waals surface area contributed by atoms with Crippen LogP contribution in [0.1, 0.15) is 56.9 Å². The maximum Gasteiger partial charge on any atom is 0.229 e. The fourth-order valence-corrected chi connectivity index (χ4v) is 2.81. The topological polar surface area (TPSA) is 37.4 Å². The first-order valence-corrected chi connectivity index (χ1v) is 8.14. The molecule has 1 aliphatic rings. The van der Waals surface area contributed by atoms with Gasteiger partial charge in [0.05, 0.1) is 0 Å². The molecule has 21 heavy (non-hydrogen) atoms. The van der Waals surface area contributed by atoms with Gasteiger partial charge in [0.15, 0.2) is 0 Å².